The molecule has 1 saturated heterocycles. The Kier molecular flexibility index (Phi) is 2.73. The highest BCUT2D eigenvalue weighted by Gasteiger charge is 2.39. The van der Waals surface area contributed by atoms with Crippen LogP contribution in [-0.2, 0) is 14.3 Å². The first-order valence-electron chi connectivity index (χ1n) is 5.05. The number of hydrogen-bond acceptors (Lipinski definition) is 3. The summed E-state index contributed by atoms with van der Waals surface area (Å²) in [6.45, 7) is 1.34. The van der Waals surface area contributed by atoms with Crippen LogP contribution in [0.4, 0.5) is 4.39 Å². The van der Waals surface area contributed by atoms with Crippen LogP contribution in [0.2, 0.25) is 0 Å². The molecule has 0 amide bonds. The maximum atomic E-state index is 13.4. The Labute approximate surface area is 92.2 Å². The first kappa shape index (κ1) is 10.8. The van der Waals surface area contributed by atoms with Crippen molar-refractivity contribution in [2.75, 3.05) is 0 Å². The van der Waals surface area contributed by atoms with E-state index in [2.05, 4.69) is 0 Å². The first-order chi connectivity index (χ1) is 7.59. The van der Waals surface area contributed by atoms with Crippen molar-refractivity contribution in [1.82, 2.24) is 0 Å². The van der Waals surface area contributed by atoms with Crippen molar-refractivity contribution >= 4 is 11.8 Å². The van der Waals surface area contributed by atoms with Gasteiger partial charge in [-0.3, -0.25) is 9.59 Å². The zero-order chi connectivity index (χ0) is 11.7. The SMILES string of the molecule is CC(=O)[C@@H]1C[C@H](c2ccccc2F)OC1=O. The van der Waals surface area contributed by atoms with Gasteiger partial charge in [0.05, 0.1) is 0 Å². The lowest BCUT2D eigenvalue weighted by Gasteiger charge is -2.09. The second-order valence-electron chi connectivity index (χ2n) is 3.85. The fourth-order valence-electron chi connectivity index (χ4n) is 1.84. The molecule has 0 saturated carbocycles. The first-order valence-corrected chi connectivity index (χ1v) is 5.05. The molecular formula is C12H11FO3. The highest BCUT2D eigenvalue weighted by Crippen LogP contribution is 2.34. The van der Waals surface area contributed by atoms with E-state index in [1.807, 2.05) is 0 Å². The van der Waals surface area contributed by atoms with Gasteiger partial charge >= 0.3 is 5.97 Å². The van der Waals surface area contributed by atoms with Gasteiger partial charge in [-0.1, -0.05) is 18.2 Å². The summed E-state index contributed by atoms with van der Waals surface area (Å²) in [5.74, 6) is -1.95. The smallest absolute Gasteiger partial charge is 0.317 e. The molecule has 0 aromatic heterocycles. The number of ether oxygens (including phenoxy) is 1. The Balaban J connectivity index is 2.24. The summed E-state index contributed by atoms with van der Waals surface area (Å²) >= 11 is 0. The fourth-order valence-corrected chi connectivity index (χ4v) is 1.84. The van der Waals surface area contributed by atoms with Gasteiger partial charge in [-0.2, -0.15) is 0 Å². The minimum absolute atomic E-state index is 0.231. The number of hydrogen-bond donors (Lipinski definition) is 0. The van der Waals surface area contributed by atoms with Gasteiger partial charge in [-0.25, -0.2) is 4.39 Å². The van der Waals surface area contributed by atoms with Gasteiger partial charge in [-0.15, -0.1) is 0 Å². The summed E-state index contributed by atoms with van der Waals surface area (Å²) in [7, 11) is 0. The fraction of sp³-hybridized carbons (Fsp3) is 0.333. The van der Waals surface area contributed by atoms with E-state index < -0.39 is 23.8 Å². The molecule has 2 atom stereocenters. The summed E-state index contributed by atoms with van der Waals surface area (Å²) in [6, 6.07) is 6.12. The lowest BCUT2D eigenvalue weighted by atomic mass is 9.97. The maximum absolute atomic E-state index is 13.4. The standard InChI is InChI=1S/C12H11FO3/c1-7(14)9-6-11(16-12(9)15)8-4-2-3-5-10(8)13/h2-5,9,11H,6H2,1H3/t9-,11+/m0/s1. The van der Waals surface area contributed by atoms with Gasteiger partial charge in [0.15, 0.2) is 0 Å². The maximum Gasteiger partial charge on any atom is 0.317 e. The van der Waals surface area contributed by atoms with Crippen molar-refractivity contribution < 1.29 is 18.7 Å². The van der Waals surface area contributed by atoms with Gasteiger partial charge in [0.1, 0.15) is 23.6 Å². The molecule has 1 aliphatic heterocycles. The number of ketones is 1. The van der Waals surface area contributed by atoms with Crippen LogP contribution in [0, 0.1) is 11.7 Å². The highest BCUT2D eigenvalue weighted by atomic mass is 19.1. The van der Waals surface area contributed by atoms with E-state index in [1.54, 1.807) is 18.2 Å². The molecule has 1 aromatic carbocycles. The normalized spacial score (nSPS) is 24.2. The van der Waals surface area contributed by atoms with Crippen molar-refractivity contribution in [3.8, 4) is 0 Å². The predicted molar refractivity (Wildman–Crippen MR) is 54.0 cm³/mol. The number of halogens is 1. The Morgan fingerprint density at radius 2 is 2.12 bits per heavy atom. The molecule has 4 heteroatoms. The van der Waals surface area contributed by atoms with Crippen molar-refractivity contribution in [2.24, 2.45) is 5.92 Å². The molecule has 0 N–H and O–H groups in total. The Hall–Kier alpha value is -1.71. The largest absolute Gasteiger partial charge is 0.457 e. The third-order valence-corrected chi connectivity index (χ3v) is 2.74. The van der Waals surface area contributed by atoms with Gasteiger partial charge in [0.2, 0.25) is 0 Å². The van der Waals surface area contributed by atoms with Gasteiger partial charge < -0.3 is 4.74 Å². The highest BCUT2D eigenvalue weighted by molar-refractivity contribution is 5.98. The Bertz CT molecular complexity index is 442. The molecular weight excluding hydrogens is 211 g/mol. The van der Waals surface area contributed by atoms with E-state index in [-0.39, 0.29) is 12.2 Å². The molecule has 0 bridgehead atoms. The number of benzene rings is 1. The molecule has 0 unspecified atom stereocenters. The molecule has 84 valence electrons. The summed E-state index contributed by atoms with van der Waals surface area (Å²) in [4.78, 5) is 22.5. The van der Waals surface area contributed by atoms with Crippen molar-refractivity contribution in [2.45, 2.75) is 19.4 Å². The van der Waals surface area contributed by atoms with E-state index in [0.717, 1.165) is 0 Å². The second kappa shape index (κ2) is 4.04. The number of carbonyl (C=O) groups is 2. The van der Waals surface area contributed by atoms with E-state index in [1.165, 1.54) is 13.0 Å². The third kappa shape index (κ3) is 1.83. The van der Waals surface area contributed by atoms with Crippen LogP contribution in [0.25, 0.3) is 0 Å². The minimum Gasteiger partial charge on any atom is -0.457 e. The number of esters is 1. The van der Waals surface area contributed by atoms with Crippen LogP contribution < -0.4 is 0 Å². The number of carbonyl (C=O) groups excluding carboxylic acids is 2. The lowest BCUT2D eigenvalue weighted by Crippen LogP contribution is -2.15. The molecule has 1 aliphatic rings. The van der Waals surface area contributed by atoms with Crippen LogP contribution in [0.1, 0.15) is 25.0 Å². The van der Waals surface area contributed by atoms with Crippen molar-refractivity contribution in [3.05, 3.63) is 35.6 Å². The molecule has 16 heavy (non-hydrogen) atoms. The number of cyclic esters (lactones) is 1. The average molecular weight is 222 g/mol. The molecule has 0 spiro atoms. The molecule has 1 aromatic rings. The zero-order valence-electron chi connectivity index (χ0n) is 8.77. The summed E-state index contributed by atoms with van der Waals surface area (Å²) in [5, 5.41) is 0. The average Bonchev–Trinajstić information content (AvgIpc) is 2.61. The quantitative estimate of drug-likeness (QED) is 0.568. The number of rotatable bonds is 2. The van der Waals surface area contributed by atoms with Crippen LogP contribution in [0.3, 0.4) is 0 Å². The van der Waals surface area contributed by atoms with Crippen molar-refractivity contribution in [3.63, 3.8) is 0 Å². The van der Waals surface area contributed by atoms with E-state index in [0.29, 0.717) is 5.56 Å². The molecule has 0 radical (unpaired) electrons. The van der Waals surface area contributed by atoms with Gasteiger partial charge in [-0.05, 0) is 13.0 Å². The van der Waals surface area contributed by atoms with Crippen LogP contribution in [0.5, 0.6) is 0 Å². The van der Waals surface area contributed by atoms with Crippen LogP contribution in [-0.4, -0.2) is 11.8 Å². The second-order valence-corrected chi connectivity index (χ2v) is 3.85. The molecule has 0 aliphatic carbocycles. The Morgan fingerprint density at radius 1 is 1.44 bits per heavy atom. The van der Waals surface area contributed by atoms with Gasteiger partial charge in [0, 0.05) is 12.0 Å². The lowest BCUT2D eigenvalue weighted by molar-refractivity contribution is -0.146. The zero-order valence-corrected chi connectivity index (χ0v) is 8.77. The summed E-state index contributed by atoms with van der Waals surface area (Å²) in [6.07, 6.45) is -0.405. The van der Waals surface area contributed by atoms with E-state index in [9.17, 15) is 14.0 Å². The molecule has 3 nitrogen and oxygen atoms in total. The van der Waals surface area contributed by atoms with E-state index in [4.69, 9.17) is 4.74 Å². The Morgan fingerprint density at radius 3 is 2.69 bits per heavy atom. The van der Waals surface area contributed by atoms with Crippen molar-refractivity contribution in [1.29, 1.82) is 0 Å². The monoisotopic (exact) mass is 222 g/mol. The minimum atomic E-state index is -0.746. The molecule has 2 rings (SSSR count). The molecule has 1 fully saturated rings. The number of Topliss-reactive ketones (excluding diaryl/α,β-unsaturated/α-hetero) is 1. The topological polar surface area (TPSA) is 43.4 Å². The van der Waals surface area contributed by atoms with Crippen LogP contribution in [0.15, 0.2) is 24.3 Å². The predicted octanol–water partition coefficient (Wildman–Crippen LogP) is 2.02. The summed E-state index contributed by atoms with van der Waals surface area (Å²) < 4.78 is 18.4. The summed E-state index contributed by atoms with van der Waals surface area (Å²) in [5.41, 5.74) is 0.333. The third-order valence-electron chi connectivity index (χ3n) is 2.74. The molecule has 1 heterocycles. The van der Waals surface area contributed by atoms with E-state index >= 15 is 0 Å². The van der Waals surface area contributed by atoms with Crippen LogP contribution >= 0.6 is 0 Å². The van der Waals surface area contributed by atoms with Gasteiger partial charge in [0.25, 0.3) is 0 Å².